The molecule has 19 heavy (non-hydrogen) atoms. The van der Waals surface area contributed by atoms with Crippen LogP contribution < -0.4 is 11.5 Å². The van der Waals surface area contributed by atoms with Gasteiger partial charge in [-0.1, -0.05) is 17.7 Å². The van der Waals surface area contributed by atoms with Crippen LogP contribution in [0, 0.1) is 5.82 Å². The molecule has 0 bridgehead atoms. The summed E-state index contributed by atoms with van der Waals surface area (Å²) in [4.78, 5) is 21.6. The van der Waals surface area contributed by atoms with Crippen molar-refractivity contribution in [3.05, 3.63) is 34.6 Å². The maximum Gasteiger partial charge on any atom is 0.405 e. The number of hydrogen-bond acceptors (Lipinski definition) is 4. The van der Waals surface area contributed by atoms with Crippen LogP contribution in [0.25, 0.3) is 0 Å². The highest BCUT2D eigenvalue weighted by Gasteiger charge is 2.30. The zero-order valence-electron chi connectivity index (χ0n) is 9.93. The van der Waals surface area contributed by atoms with Crippen LogP contribution in [0.1, 0.15) is 18.6 Å². The Bertz CT molecular complexity index is 477. The fourth-order valence-electron chi connectivity index (χ4n) is 1.54. The summed E-state index contributed by atoms with van der Waals surface area (Å²) in [6, 6.07) is 3.89. The topological polar surface area (TPSA) is 105 Å². The number of hydrogen-bond donors (Lipinski definition) is 2. The van der Waals surface area contributed by atoms with E-state index in [9.17, 15) is 14.0 Å². The fraction of sp³-hybridized carbons (Fsp3) is 0.273. The highest BCUT2D eigenvalue weighted by atomic mass is 35.5. The van der Waals surface area contributed by atoms with Gasteiger partial charge in [-0.25, -0.2) is 14.0 Å². The van der Waals surface area contributed by atoms with Crippen molar-refractivity contribution < 1.29 is 23.5 Å². The van der Waals surface area contributed by atoms with Gasteiger partial charge in [0.1, 0.15) is 11.9 Å². The van der Waals surface area contributed by atoms with E-state index < -0.39 is 30.2 Å². The molecule has 0 radical (unpaired) electrons. The lowest BCUT2D eigenvalue weighted by Crippen LogP contribution is -2.31. The molecule has 1 rings (SSSR count). The lowest BCUT2D eigenvalue weighted by atomic mass is 10.0. The van der Waals surface area contributed by atoms with Crippen LogP contribution in [-0.2, 0) is 9.47 Å². The molecule has 0 aromatic heterocycles. The number of carbonyl (C=O) groups excluding carboxylic acids is 2. The summed E-state index contributed by atoms with van der Waals surface area (Å²) in [5.74, 6) is -0.723. The van der Waals surface area contributed by atoms with Gasteiger partial charge in [-0.2, -0.15) is 0 Å². The Morgan fingerprint density at radius 3 is 2.32 bits per heavy atom. The first kappa shape index (κ1) is 15.0. The Morgan fingerprint density at radius 2 is 1.84 bits per heavy atom. The van der Waals surface area contributed by atoms with Crippen LogP contribution in [0.5, 0.6) is 0 Å². The Morgan fingerprint density at radius 1 is 1.26 bits per heavy atom. The molecule has 0 aliphatic rings. The minimum atomic E-state index is -1.29. The van der Waals surface area contributed by atoms with Crippen molar-refractivity contribution in [2.45, 2.75) is 19.1 Å². The van der Waals surface area contributed by atoms with E-state index in [4.69, 9.17) is 27.8 Å². The lowest BCUT2D eigenvalue weighted by molar-refractivity contribution is 0.00259. The standard InChI is InChI=1S/C11H12ClFN2O4/c1-5(18-10(14)16)9(19-11(15)17)8-6(12)3-2-4-7(8)13/h2-5,9H,1H3,(H2,14,16)(H2,15,17)/t5-,9+/m0/s1. The van der Waals surface area contributed by atoms with Crippen LogP contribution in [0.4, 0.5) is 14.0 Å². The van der Waals surface area contributed by atoms with Gasteiger partial charge < -0.3 is 20.9 Å². The Kier molecular flexibility index (Phi) is 4.94. The van der Waals surface area contributed by atoms with Crippen LogP contribution in [0.3, 0.4) is 0 Å². The molecule has 2 amide bonds. The molecule has 1 aromatic rings. The summed E-state index contributed by atoms with van der Waals surface area (Å²) in [6.45, 7) is 1.36. The molecule has 0 fully saturated rings. The molecule has 0 saturated heterocycles. The van der Waals surface area contributed by atoms with Gasteiger partial charge >= 0.3 is 12.2 Å². The molecule has 0 unspecified atom stereocenters. The second kappa shape index (κ2) is 6.24. The summed E-state index contributed by atoms with van der Waals surface area (Å²) < 4.78 is 23.2. The molecular weight excluding hydrogens is 279 g/mol. The number of amides is 2. The van der Waals surface area contributed by atoms with E-state index in [0.29, 0.717) is 0 Å². The molecule has 2 atom stereocenters. The minimum absolute atomic E-state index is 0.00571. The Balaban J connectivity index is 3.16. The zero-order chi connectivity index (χ0) is 14.6. The van der Waals surface area contributed by atoms with Crippen molar-refractivity contribution in [1.82, 2.24) is 0 Å². The predicted octanol–water partition coefficient (Wildman–Crippen LogP) is 2.10. The SMILES string of the molecule is C[C@H](OC(N)=O)[C@@H](OC(N)=O)c1c(F)cccc1Cl. The first-order chi connectivity index (χ1) is 8.82. The molecule has 8 heteroatoms. The number of carbonyl (C=O) groups is 2. The van der Waals surface area contributed by atoms with Crippen molar-refractivity contribution in [3.8, 4) is 0 Å². The average Bonchev–Trinajstić information content (AvgIpc) is 2.25. The Labute approximate surface area is 113 Å². The molecule has 0 heterocycles. The third-order valence-electron chi connectivity index (χ3n) is 2.26. The maximum atomic E-state index is 13.8. The molecule has 6 nitrogen and oxygen atoms in total. The molecule has 0 aliphatic carbocycles. The smallest absolute Gasteiger partial charge is 0.405 e. The van der Waals surface area contributed by atoms with Gasteiger partial charge in [-0.05, 0) is 19.1 Å². The number of halogens is 2. The largest absolute Gasteiger partial charge is 0.442 e. The van der Waals surface area contributed by atoms with E-state index in [1.165, 1.54) is 19.1 Å². The second-order valence-corrected chi connectivity index (χ2v) is 4.04. The molecule has 0 saturated carbocycles. The monoisotopic (exact) mass is 290 g/mol. The van der Waals surface area contributed by atoms with Gasteiger partial charge in [0.2, 0.25) is 0 Å². The van der Waals surface area contributed by atoms with Gasteiger partial charge in [0.15, 0.2) is 6.10 Å². The van der Waals surface area contributed by atoms with E-state index in [2.05, 4.69) is 4.74 Å². The molecular formula is C11H12ClFN2O4. The fourth-order valence-corrected chi connectivity index (χ4v) is 1.81. The summed E-state index contributed by atoms with van der Waals surface area (Å²) in [5.41, 5.74) is 9.62. The van der Waals surface area contributed by atoms with Crippen molar-refractivity contribution in [2.75, 3.05) is 0 Å². The third-order valence-corrected chi connectivity index (χ3v) is 2.59. The molecule has 0 aliphatic heterocycles. The lowest BCUT2D eigenvalue weighted by Gasteiger charge is -2.24. The number of rotatable bonds is 4. The number of primary amides is 2. The number of nitrogens with two attached hydrogens (primary N) is 2. The summed E-state index contributed by atoms with van der Waals surface area (Å²) in [7, 11) is 0. The van der Waals surface area contributed by atoms with E-state index in [1.54, 1.807) is 0 Å². The van der Waals surface area contributed by atoms with E-state index in [-0.39, 0.29) is 10.6 Å². The summed E-state index contributed by atoms with van der Waals surface area (Å²) >= 11 is 5.84. The van der Waals surface area contributed by atoms with Crippen LogP contribution in [0.15, 0.2) is 18.2 Å². The van der Waals surface area contributed by atoms with Crippen molar-refractivity contribution >= 4 is 23.8 Å². The van der Waals surface area contributed by atoms with Crippen molar-refractivity contribution in [1.29, 1.82) is 0 Å². The van der Waals surface area contributed by atoms with Gasteiger partial charge in [0.25, 0.3) is 0 Å². The summed E-state index contributed by atoms with van der Waals surface area (Å²) in [5, 5.41) is 0.00571. The number of ether oxygens (including phenoxy) is 2. The Hall–Kier alpha value is -2.02. The van der Waals surface area contributed by atoms with Crippen LogP contribution in [0.2, 0.25) is 5.02 Å². The van der Waals surface area contributed by atoms with Gasteiger partial charge in [0, 0.05) is 0 Å². The van der Waals surface area contributed by atoms with E-state index in [0.717, 1.165) is 6.07 Å². The van der Waals surface area contributed by atoms with Crippen LogP contribution >= 0.6 is 11.6 Å². The maximum absolute atomic E-state index is 13.8. The van der Waals surface area contributed by atoms with Crippen molar-refractivity contribution in [3.63, 3.8) is 0 Å². The van der Waals surface area contributed by atoms with Crippen LogP contribution in [-0.4, -0.2) is 18.3 Å². The van der Waals surface area contributed by atoms with Crippen molar-refractivity contribution in [2.24, 2.45) is 11.5 Å². The molecule has 4 N–H and O–H groups in total. The van der Waals surface area contributed by atoms with E-state index in [1.807, 2.05) is 0 Å². The third kappa shape index (κ3) is 3.99. The van der Waals surface area contributed by atoms with Gasteiger partial charge in [-0.15, -0.1) is 0 Å². The first-order valence-electron chi connectivity index (χ1n) is 5.19. The minimum Gasteiger partial charge on any atom is -0.442 e. The quantitative estimate of drug-likeness (QED) is 0.885. The van der Waals surface area contributed by atoms with Gasteiger partial charge in [-0.3, -0.25) is 0 Å². The van der Waals surface area contributed by atoms with E-state index >= 15 is 0 Å². The normalized spacial score (nSPS) is 13.4. The average molecular weight is 291 g/mol. The molecule has 104 valence electrons. The predicted molar refractivity (Wildman–Crippen MR) is 64.9 cm³/mol. The van der Waals surface area contributed by atoms with Gasteiger partial charge in [0.05, 0.1) is 10.6 Å². The first-order valence-corrected chi connectivity index (χ1v) is 5.56. The summed E-state index contributed by atoms with van der Waals surface area (Å²) in [6.07, 6.45) is -4.61. The zero-order valence-corrected chi connectivity index (χ0v) is 10.7. The molecule has 0 spiro atoms. The highest BCUT2D eigenvalue weighted by Crippen LogP contribution is 2.31. The molecule has 1 aromatic carbocycles. The number of benzene rings is 1. The highest BCUT2D eigenvalue weighted by molar-refractivity contribution is 6.31. The second-order valence-electron chi connectivity index (χ2n) is 3.63.